The summed E-state index contributed by atoms with van der Waals surface area (Å²) in [5.74, 6) is 0.377. The number of aryl methyl sites for hydroxylation is 1. The highest BCUT2D eigenvalue weighted by Gasteiger charge is 2.33. The minimum absolute atomic E-state index is 0.107. The highest BCUT2D eigenvalue weighted by molar-refractivity contribution is 7.89. The van der Waals surface area contributed by atoms with Gasteiger partial charge in [0.2, 0.25) is 10.0 Å². The molecule has 112 valence electrons. The molecule has 0 aromatic heterocycles. The number of hydrogen-bond acceptors (Lipinski definition) is 4. The van der Waals surface area contributed by atoms with E-state index in [0.29, 0.717) is 18.8 Å². The zero-order valence-corrected chi connectivity index (χ0v) is 13.1. The molecule has 2 atom stereocenters. The second-order valence-corrected chi connectivity index (χ2v) is 7.14. The third-order valence-electron chi connectivity index (χ3n) is 3.32. The lowest BCUT2D eigenvalue weighted by atomic mass is 10.2. The minimum Gasteiger partial charge on any atom is -0.495 e. The molecule has 1 saturated heterocycles. The monoisotopic (exact) mass is 299 g/mol. The van der Waals surface area contributed by atoms with Gasteiger partial charge in [-0.25, -0.2) is 8.42 Å². The Morgan fingerprint density at radius 2 is 1.85 bits per heavy atom. The van der Waals surface area contributed by atoms with Crippen molar-refractivity contribution < 1.29 is 17.9 Å². The molecule has 1 heterocycles. The van der Waals surface area contributed by atoms with Crippen molar-refractivity contribution >= 4 is 10.0 Å². The van der Waals surface area contributed by atoms with Crippen LogP contribution in [0, 0.1) is 6.92 Å². The number of ether oxygens (including phenoxy) is 2. The number of hydrogen-bond donors (Lipinski definition) is 0. The predicted molar refractivity (Wildman–Crippen MR) is 76.5 cm³/mol. The molecule has 1 fully saturated rings. The Kier molecular flexibility index (Phi) is 4.36. The molecule has 0 saturated carbocycles. The van der Waals surface area contributed by atoms with Crippen molar-refractivity contribution in [1.82, 2.24) is 4.31 Å². The lowest BCUT2D eigenvalue weighted by Crippen LogP contribution is -2.48. The fourth-order valence-corrected chi connectivity index (χ4v) is 4.28. The van der Waals surface area contributed by atoms with Crippen LogP contribution in [0.4, 0.5) is 0 Å². The molecule has 0 unspecified atom stereocenters. The number of nitrogens with zero attached hydrogens (tertiary/aromatic N) is 1. The number of methoxy groups -OCH3 is 1. The first-order chi connectivity index (χ1) is 9.34. The average Bonchev–Trinajstić information content (AvgIpc) is 2.37. The summed E-state index contributed by atoms with van der Waals surface area (Å²) < 4.78 is 37.9. The lowest BCUT2D eigenvalue weighted by molar-refractivity contribution is -0.0441. The molecule has 1 aromatic carbocycles. The Hall–Kier alpha value is -1.11. The Labute approximate surface area is 120 Å². The van der Waals surface area contributed by atoms with E-state index in [1.807, 2.05) is 26.8 Å². The van der Waals surface area contributed by atoms with E-state index in [-0.39, 0.29) is 17.1 Å². The molecule has 1 aromatic rings. The quantitative estimate of drug-likeness (QED) is 0.854. The van der Waals surface area contributed by atoms with E-state index in [1.54, 1.807) is 12.1 Å². The molecule has 6 heteroatoms. The number of sulfonamides is 1. The molecule has 1 aliphatic heterocycles. The minimum atomic E-state index is -3.56. The number of benzene rings is 1. The van der Waals surface area contributed by atoms with Gasteiger partial charge in [-0.3, -0.25) is 0 Å². The van der Waals surface area contributed by atoms with Gasteiger partial charge in [-0.15, -0.1) is 0 Å². The fraction of sp³-hybridized carbons (Fsp3) is 0.571. The second kappa shape index (κ2) is 5.71. The molecular weight excluding hydrogens is 278 g/mol. The maximum Gasteiger partial charge on any atom is 0.246 e. The predicted octanol–water partition coefficient (Wildman–Crippen LogP) is 1.80. The highest BCUT2D eigenvalue weighted by Crippen LogP contribution is 2.29. The van der Waals surface area contributed by atoms with E-state index < -0.39 is 10.0 Å². The zero-order valence-electron chi connectivity index (χ0n) is 12.3. The summed E-state index contributed by atoms with van der Waals surface area (Å²) >= 11 is 0. The summed E-state index contributed by atoms with van der Waals surface area (Å²) in [6, 6.07) is 5.18. The molecule has 1 aliphatic rings. The van der Waals surface area contributed by atoms with Gasteiger partial charge in [-0.05, 0) is 38.5 Å². The fourth-order valence-electron chi connectivity index (χ4n) is 2.45. The van der Waals surface area contributed by atoms with E-state index in [1.165, 1.54) is 11.4 Å². The summed E-state index contributed by atoms with van der Waals surface area (Å²) in [6.07, 6.45) is -0.214. The van der Waals surface area contributed by atoms with E-state index in [2.05, 4.69) is 0 Å². The normalized spacial score (nSPS) is 24.6. The van der Waals surface area contributed by atoms with Crippen molar-refractivity contribution in [3.05, 3.63) is 23.8 Å². The van der Waals surface area contributed by atoms with Crippen LogP contribution in [0.25, 0.3) is 0 Å². The van der Waals surface area contributed by atoms with E-state index >= 15 is 0 Å². The molecule has 0 spiro atoms. The molecule has 20 heavy (non-hydrogen) atoms. The standard InChI is InChI=1S/C14H21NO4S/c1-10-5-6-13(18-4)14(7-10)20(16,17)15-8-11(2)19-12(3)9-15/h5-7,11-12H,8-9H2,1-4H3/t11-,12+. The SMILES string of the molecule is COc1ccc(C)cc1S(=O)(=O)N1C[C@@H](C)O[C@@H](C)C1. The van der Waals surface area contributed by atoms with Crippen molar-refractivity contribution in [3.8, 4) is 5.75 Å². The highest BCUT2D eigenvalue weighted by atomic mass is 32.2. The maximum absolute atomic E-state index is 12.8. The summed E-state index contributed by atoms with van der Waals surface area (Å²) in [4.78, 5) is 0.223. The third-order valence-corrected chi connectivity index (χ3v) is 5.18. The molecule has 0 aliphatic carbocycles. The third kappa shape index (κ3) is 2.97. The first kappa shape index (κ1) is 15.3. The first-order valence-electron chi connectivity index (χ1n) is 6.65. The van der Waals surface area contributed by atoms with Crippen LogP contribution < -0.4 is 4.74 Å². The van der Waals surface area contributed by atoms with Gasteiger partial charge in [0, 0.05) is 13.1 Å². The molecule has 2 rings (SSSR count). The van der Waals surface area contributed by atoms with Gasteiger partial charge in [0.05, 0.1) is 19.3 Å². The van der Waals surface area contributed by atoms with Crippen LogP contribution in [-0.4, -0.2) is 45.1 Å². The van der Waals surface area contributed by atoms with Gasteiger partial charge in [0.15, 0.2) is 0 Å². The van der Waals surface area contributed by atoms with Crippen molar-refractivity contribution in [1.29, 1.82) is 0 Å². The summed E-state index contributed by atoms with van der Waals surface area (Å²) in [5, 5.41) is 0. The van der Waals surface area contributed by atoms with Gasteiger partial charge in [-0.1, -0.05) is 6.07 Å². The molecule has 5 nitrogen and oxygen atoms in total. The molecule has 0 radical (unpaired) electrons. The summed E-state index contributed by atoms with van der Waals surface area (Å²) in [5.41, 5.74) is 0.888. The molecule has 0 amide bonds. The van der Waals surface area contributed by atoms with Gasteiger partial charge < -0.3 is 9.47 Å². The molecular formula is C14H21NO4S. The van der Waals surface area contributed by atoms with Crippen molar-refractivity contribution in [2.45, 2.75) is 37.9 Å². The summed E-state index contributed by atoms with van der Waals surface area (Å²) in [6.45, 7) is 6.36. The van der Waals surface area contributed by atoms with E-state index in [4.69, 9.17) is 9.47 Å². The smallest absolute Gasteiger partial charge is 0.246 e. The van der Waals surface area contributed by atoms with Gasteiger partial charge >= 0.3 is 0 Å². The van der Waals surface area contributed by atoms with Gasteiger partial charge in [0.1, 0.15) is 10.6 Å². The maximum atomic E-state index is 12.8. The van der Waals surface area contributed by atoms with Crippen molar-refractivity contribution in [3.63, 3.8) is 0 Å². The lowest BCUT2D eigenvalue weighted by Gasteiger charge is -2.34. The van der Waals surface area contributed by atoms with Crippen LogP contribution >= 0.6 is 0 Å². The van der Waals surface area contributed by atoms with Gasteiger partial charge in [0.25, 0.3) is 0 Å². The zero-order chi connectivity index (χ0) is 14.9. The average molecular weight is 299 g/mol. The molecule has 0 bridgehead atoms. The van der Waals surface area contributed by atoms with E-state index in [9.17, 15) is 8.42 Å². The van der Waals surface area contributed by atoms with Gasteiger partial charge in [-0.2, -0.15) is 4.31 Å². The Balaban J connectivity index is 2.42. The topological polar surface area (TPSA) is 55.8 Å². The van der Waals surface area contributed by atoms with Crippen LogP contribution in [0.15, 0.2) is 23.1 Å². The second-order valence-electron chi connectivity index (χ2n) is 5.23. The Morgan fingerprint density at radius 3 is 2.40 bits per heavy atom. The van der Waals surface area contributed by atoms with Crippen molar-refractivity contribution in [2.24, 2.45) is 0 Å². The largest absolute Gasteiger partial charge is 0.495 e. The summed E-state index contributed by atoms with van der Waals surface area (Å²) in [7, 11) is -2.08. The Morgan fingerprint density at radius 1 is 1.25 bits per heavy atom. The van der Waals surface area contributed by atoms with Crippen LogP contribution in [0.2, 0.25) is 0 Å². The van der Waals surface area contributed by atoms with E-state index in [0.717, 1.165) is 5.56 Å². The number of rotatable bonds is 3. The van der Waals surface area contributed by atoms with Crippen molar-refractivity contribution in [2.75, 3.05) is 20.2 Å². The van der Waals surface area contributed by atoms with Crippen LogP contribution in [0.1, 0.15) is 19.4 Å². The van der Waals surface area contributed by atoms with Crippen LogP contribution in [0.5, 0.6) is 5.75 Å². The Bertz CT molecular complexity index is 575. The number of morpholine rings is 1. The first-order valence-corrected chi connectivity index (χ1v) is 8.09. The molecule has 0 N–H and O–H groups in total. The van der Waals surface area contributed by atoms with Crippen LogP contribution in [-0.2, 0) is 14.8 Å². The van der Waals surface area contributed by atoms with Crippen LogP contribution in [0.3, 0.4) is 0 Å².